The van der Waals surface area contributed by atoms with Crippen molar-refractivity contribution in [1.82, 2.24) is 0 Å². The van der Waals surface area contributed by atoms with Crippen LogP contribution in [0.3, 0.4) is 0 Å². The molecule has 8 N–H and O–H groups in total. The molecule has 0 radical (unpaired) electrons. The van der Waals surface area contributed by atoms with Gasteiger partial charge < -0.3 is 59.2 Å². The Labute approximate surface area is 210 Å². The number of aliphatic hydroxyl groups excluding tert-OH is 4. The van der Waals surface area contributed by atoms with Crippen molar-refractivity contribution in [2.45, 2.75) is 30.7 Å². The quantitative estimate of drug-likeness (QED) is 0.160. The zero-order chi connectivity index (χ0) is 27.5. The molecule has 1 aliphatic heterocycles. The highest BCUT2D eigenvalue weighted by Gasteiger charge is 2.45. The number of phenols is 3. The number of hydrogen-bond donors (Lipinski definition) is 8. The van der Waals surface area contributed by atoms with E-state index in [0.29, 0.717) is 0 Å². The van der Waals surface area contributed by atoms with Crippen molar-refractivity contribution in [2.24, 2.45) is 0 Å². The van der Waals surface area contributed by atoms with Crippen molar-refractivity contribution in [3.63, 3.8) is 0 Å². The Morgan fingerprint density at radius 2 is 1.53 bits per heavy atom. The molecule has 4 aromatic rings. The topological polar surface area (TPSA) is 241 Å². The van der Waals surface area contributed by atoms with Crippen LogP contribution in [0.1, 0.15) is 10.6 Å². The third-order valence-electron chi connectivity index (χ3n) is 6.09. The fourth-order valence-corrected chi connectivity index (χ4v) is 4.23. The van der Waals surface area contributed by atoms with Crippen molar-refractivity contribution in [1.29, 1.82) is 0 Å². The number of benzene rings is 2. The first-order chi connectivity index (χ1) is 18.0. The number of ether oxygens (including phenoxy) is 2. The van der Waals surface area contributed by atoms with Gasteiger partial charge in [-0.1, -0.05) is 0 Å². The molecule has 3 heterocycles. The molecule has 0 saturated carbocycles. The van der Waals surface area contributed by atoms with E-state index < -0.39 is 71.7 Å². The number of phenolic OH excluding ortho intramolecular Hbond substituents is 3. The van der Waals surface area contributed by atoms with Crippen LogP contribution in [0.4, 0.5) is 0 Å². The third-order valence-corrected chi connectivity index (χ3v) is 6.09. The van der Waals surface area contributed by atoms with Crippen molar-refractivity contribution in [3.8, 4) is 34.3 Å². The second kappa shape index (κ2) is 9.20. The lowest BCUT2D eigenvalue weighted by Gasteiger charge is -2.39. The number of carboxylic acids is 1. The molecule has 2 aromatic carbocycles. The predicted molar refractivity (Wildman–Crippen MR) is 124 cm³/mol. The Kier molecular flexibility index (Phi) is 6.13. The van der Waals surface area contributed by atoms with Crippen LogP contribution < -0.4 is 10.2 Å². The summed E-state index contributed by atoms with van der Waals surface area (Å²) < 4.78 is 22.4. The summed E-state index contributed by atoms with van der Waals surface area (Å²) in [5.41, 5.74) is -1.07. The van der Waals surface area contributed by atoms with Gasteiger partial charge in [0.1, 0.15) is 35.6 Å². The van der Waals surface area contributed by atoms with Crippen LogP contribution in [-0.2, 0) is 4.74 Å². The first kappa shape index (κ1) is 25.3. The minimum absolute atomic E-state index is 0.0519. The standard InChI is InChI=1S/C24H20O14/c25-6-15-18(30)19(31)20(32)24(37-15)38-22-9-5-14(23(33)34)35-12-3-8(26)4-13(16(9)12)36-21(22)7-1-10(27)17(29)11(28)2-7/h1-5,15,18-20,24-25,27-32H,6H2,(H,33,34)/t15-,18-,19+,20-,24+/m1/s1. The van der Waals surface area contributed by atoms with Crippen molar-refractivity contribution in [2.75, 3.05) is 6.61 Å². The molecule has 0 unspecified atom stereocenters. The third kappa shape index (κ3) is 4.06. The van der Waals surface area contributed by atoms with Gasteiger partial charge in [0, 0.05) is 29.1 Å². The molecule has 0 bridgehead atoms. The largest absolute Gasteiger partial charge is 0.504 e. The molecular weight excluding hydrogens is 512 g/mol. The van der Waals surface area contributed by atoms with E-state index in [9.17, 15) is 50.4 Å². The summed E-state index contributed by atoms with van der Waals surface area (Å²) in [5, 5.41) is 79.9. The molecule has 5 rings (SSSR count). The number of carboxylic acid groups (broad SMARTS) is 1. The lowest BCUT2D eigenvalue weighted by molar-refractivity contribution is -0.277. The molecular formula is C24H20O14. The maximum atomic E-state index is 12.3. The second-order valence-corrected chi connectivity index (χ2v) is 8.56. The lowest BCUT2D eigenvalue weighted by atomic mass is 9.99. The van der Waals surface area contributed by atoms with Gasteiger partial charge in [-0.2, -0.15) is 0 Å². The van der Waals surface area contributed by atoms with E-state index in [0.717, 1.165) is 30.3 Å². The van der Waals surface area contributed by atoms with E-state index in [2.05, 4.69) is 0 Å². The molecule has 1 fully saturated rings. The summed E-state index contributed by atoms with van der Waals surface area (Å²) in [5.74, 6) is -5.24. The number of hydrogen-bond acceptors (Lipinski definition) is 13. The Balaban J connectivity index is 1.83. The highest BCUT2D eigenvalue weighted by molar-refractivity contribution is 6.11. The smallest absolute Gasteiger partial charge is 0.371 e. The minimum Gasteiger partial charge on any atom is -0.504 e. The molecule has 0 spiro atoms. The van der Waals surface area contributed by atoms with Gasteiger partial charge in [0.2, 0.25) is 12.1 Å². The first-order valence-corrected chi connectivity index (χ1v) is 11.0. The summed E-state index contributed by atoms with van der Waals surface area (Å²) in [6.45, 7) is -0.764. The van der Waals surface area contributed by atoms with Gasteiger partial charge >= 0.3 is 5.97 Å². The zero-order valence-electron chi connectivity index (χ0n) is 19.0. The summed E-state index contributed by atoms with van der Waals surface area (Å²) in [7, 11) is 0. The number of aromatic carboxylic acids is 1. The van der Waals surface area contributed by atoms with Gasteiger partial charge in [0.25, 0.3) is 0 Å². The maximum Gasteiger partial charge on any atom is 0.371 e. The Morgan fingerprint density at radius 1 is 0.895 bits per heavy atom. The molecule has 5 atom stereocenters. The summed E-state index contributed by atoms with van der Waals surface area (Å²) >= 11 is 0. The van der Waals surface area contributed by atoms with Gasteiger partial charge in [0.15, 0.2) is 34.2 Å². The van der Waals surface area contributed by atoms with Crippen molar-refractivity contribution < 1.29 is 64.0 Å². The SMILES string of the molecule is O=C(O)c1cc2c(O[C@@H]3O[C@H](CO)[C@@H](O)[C@H](O)[C@H]3O)c(-c3cc(O)c(O)c(O)c3)oc3cc(=O)cc(o1)c32. The normalized spacial score (nSPS) is 23.6. The number of carbonyl (C=O) groups is 1. The molecule has 0 amide bonds. The zero-order valence-corrected chi connectivity index (χ0v) is 19.0. The summed E-state index contributed by atoms with van der Waals surface area (Å²) in [4.78, 5) is 24.1. The molecule has 14 nitrogen and oxygen atoms in total. The minimum atomic E-state index is -1.88. The molecule has 1 aliphatic rings. The van der Waals surface area contributed by atoms with Crippen molar-refractivity contribution in [3.05, 3.63) is 46.3 Å². The van der Waals surface area contributed by atoms with E-state index in [1.807, 2.05) is 0 Å². The highest BCUT2D eigenvalue weighted by Crippen LogP contribution is 2.46. The molecule has 0 aliphatic carbocycles. The first-order valence-electron chi connectivity index (χ1n) is 11.0. The van der Waals surface area contributed by atoms with Crippen LogP contribution in [0.25, 0.3) is 33.3 Å². The fourth-order valence-electron chi connectivity index (χ4n) is 4.23. The molecule has 14 heteroatoms. The Bertz CT molecular complexity index is 1590. The number of aromatic hydroxyl groups is 3. The van der Waals surface area contributed by atoms with Gasteiger partial charge in [-0.25, -0.2) is 4.79 Å². The molecule has 38 heavy (non-hydrogen) atoms. The summed E-state index contributed by atoms with van der Waals surface area (Å²) in [6, 6.07) is 5.03. The lowest BCUT2D eigenvalue weighted by Crippen LogP contribution is -2.60. The van der Waals surface area contributed by atoms with Crippen LogP contribution in [0.15, 0.2) is 44.0 Å². The van der Waals surface area contributed by atoms with Crippen LogP contribution in [0, 0.1) is 0 Å². The van der Waals surface area contributed by atoms with Gasteiger partial charge in [0.05, 0.1) is 12.0 Å². The second-order valence-electron chi connectivity index (χ2n) is 8.56. The fraction of sp³-hybridized carbons (Fsp3) is 0.250. The Morgan fingerprint density at radius 3 is 2.13 bits per heavy atom. The average molecular weight is 532 g/mol. The number of aliphatic hydroxyl groups is 4. The van der Waals surface area contributed by atoms with Gasteiger partial charge in [-0.05, 0) is 12.1 Å². The van der Waals surface area contributed by atoms with E-state index in [1.54, 1.807) is 0 Å². The molecule has 200 valence electrons. The van der Waals surface area contributed by atoms with Gasteiger partial charge in [-0.3, -0.25) is 4.79 Å². The van der Waals surface area contributed by atoms with Crippen LogP contribution in [0.5, 0.6) is 23.0 Å². The van der Waals surface area contributed by atoms with Gasteiger partial charge in [-0.15, -0.1) is 0 Å². The predicted octanol–water partition coefficient (Wildman–Crippen LogP) is 0.200. The molecule has 2 aromatic heterocycles. The van der Waals surface area contributed by atoms with E-state index in [4.69, 9.17) is 18.3 Å². The Hall–Kier alpha value is -4.34. The van der Waals surface area contributed by atoms with Crippen LogP contribution >= 0.6 is 0 Å². The van der Waals surface area contributed by atoms with Crippen LogP contribution in [-0.4, -0.2) is 84.1 Å². The summed E-state index contributed by atoms with van der Waals surface area (Å²) in [6.07, 6.45) is -8.52. The van der Waals surface area contributed by atoms with E-state index in [-0.39, 0.29) is 39.0 Å². The van der Waals surface area contributed by atoms with E-state index in [1.165, 1.54) is 0 Å². The highest BCUT2D eigenvalue weighted by atomic mass is 16.7. The maximum absolute atomic E-state index is 12.3. The monoisotopic (exact) mass is 532 g/mol. The number of rotatable bonds is 5. The van der Waals surface area contributed by atoms with Crippen molar-refractivity contribution >= 4 is 27.9 Å². The molecule has 1 saturated heterocycles. The average Bonchev–Trinajstić information content (AvgIpc) is 2.87. The van der Waals surface area contributed by atoms with E-state index >= 15 is 0 Å². The van der Waals surface area contributed by atoms with Crippen LogP contribution in [0.2, 0.25) is 0 Å².